The summed E-state index contributed by atoms with van der Waals surface area (Å²) < 4.78 is 16.6. The maximum absolute atomic E-state index is 9.69. The summed E-state index contributed by atoms with van der Waals surface area (Å²) in [5.41, 5.74) is 9.02. The summed E-state index contributed by atoms with van der Waals surface area (Å²) in [6.45, 7) is 4.54. The average Bonchev–Trinajstić information content (AvgIpc) is 3.03. The fourth-order valence-electron chi connectivity index (χ4n) is 3.22. The molecule has 2 aromatic rings. The molecule has 1 aliphatic heterocycles. The second kappa shape index (κ2) is 7.40. The predicted molar refractivity (Wildman–Crippen MR) is 96.0 cm³/mol. The molecule has 1 aromatic carbocycles. The molecule has 26 heavy (non-hydrogen) atoms. The molecule has 0 bridgehead atoms. The Morgan fingerprint density at radius 3 is 2.81 bits per heavy atom. The molecule has 1 aromatic heterocycles. The van der Waals surface area contributed by atoms with Crippen LogP contribution in [0.2, 0.25) is 0 Å². The quantitative estimate of drug-likeness (QED) is 0.826. The number of nitriles is 1. The Kier molecular flexibility index (Phi) is 5.03. The van der Waals surface area contributed by atoms with Crippen LogP contribution in [0.5, 0.6) is 17.4 Å². The molecular weight excluding hydrogens is 332 g/mol. The van der Waals surface area contributed by atoms with E-state index in [4.69, 9.17) is 19.9 Å². The summed E-state index contributed by atoms with van der Waals surface area (Å²) in [5.74, 6) is 1.39. The number of aromatic nitrogens is 2. The molecule has 136 valence electrons. The number of methoxy groups -OCH3 is 1. The SMILES string of the molecule is CCCc1[nH]nc2c1C(c1ccc(OCC)c(OC)c1)C(C#N)=C(N)O2. The summed E-state index contributed by atoms with van der Waals surface area (Å²) in [5, 5.41) is 16.9. The normalized spacial score (nSPS) is 15.8. The molecular formula is C19H22N4O3. The van der Waals surface area contributed by atoms with Gasteiger partial charge >= 0.3 is 0 Å². The van der Waals surface area contributed by atoms with Crippen molar-refractivity contribution in [1.82, 2.24) is 10.2 Å². The number of H-pyrrole nitrogens is 1. The van der Waals surface area contributed by atoms with Gasteiger partial charge in [0.05, 0.1) is 19.6 Å². The number of ether oxygens (including phenoxy) is 3. The fraction of sp³-hybridized carbons (Fsp3) is 0.368. The Bertz CT molecular complexity index is 879. The second-order valence-electron chi connectivity index (χ2n) is 5.94. The van der Waals surface area contributed by atoms with E-state index < -0.39 is 0 Å². The lowest BCUT2D eigenvalue weighted by molar-refractivity contribution is 0.310. The number of aryl methyl sites for hydroxylation is 1. The van der Waals surface area contributed by atoms with Crippen LogP contribution in [0.4, 0.5) is 0 Å². The van der Waals surface area contributed by atoms with Crippen LogP contribution < -0.4 is 19.9 Å². The molecule has 3 rings (SSSR count). The van der Waals surface area contributed by atoms with Crippen LogP contribution in [0, 0.1) is 11.3 Å². The standard InChI is InChI=1S/C19H22N4O3/c1-4-6-13-17-16(12(10-20)18(21)26-19(17)23-22-13)11-7-8-14(25-5-2)15(9-11)24-3/h7-9,16H,4-6,21H2,1-3H3,(H,22,23). The zero-order chi connectivity index (χ0) is 18.7. The van der Waals surface area contributed by atoms with E-state index in [-0.39, 0.29) is 11.8 Å². The van der Waals surface area contributed by atoms with Crippen LogP contribution in [-0.4, -0.2) is 23.9 Å². The van der Waals surface area contributed by atoms with Gasteiger partial charge in [-0.15, -0.1) is 5.10 Å². The number of aromatic amines is 1. The molecule has 7 heteroatoms. The largest absolute Gasteiger partial charge is 0.493 e. The van der Waals surface area contributed by atoms with Crippen LogP contribution >= 0.6 is 0 Å². The smallest absolute Gasteiger partial charge is 0.244 e. The maximum atomic E-state index is 9.69. The highest BCUT2D eigenvalue weighted by Crippen LogP contribution is 2.44. The van der Waals surface area contributed by atoms with Gasteiger partial charge in [0.1, 0.15) is 11.6 Å². The molecule has 0 spiro atoms. The van der Waals surface area contributed by atoms with E-state index in [2.05, 4.69) is 23.2 Å². The first-order valence-corrected chi connectivity index (χ1v) is 8.59. The zero-order valence-electron chi connectivity index (χ0n) is 15.1. The van der Waals surface area contributed by atoms with Gasteiger partial charge in [-0.2, -0.15) is 5.26 Å². The average molecular weight is 354 g/mol. The molecule has 1 aliphatic rings. The number of benzene rings is 1. The summed E-state index contributed by atoms with van der Waals surface area (Å²) in [4.78, 5) is 0. The van der Waals surface area contributed by atoms with E-state index in [1.54, 1.807) is 7.11 Å². The van der Waals surface area contributed by atoms with Crippen LogP contribution in [0.3, 0.4) is 0 Å². The van der Waals surface area contributed by atoms with Crippen LogP contribution in [0.1, 0.15) is 43.0 Å². The van der Waals surface area contributed by atoms with E-state index in [1.807, 2.05) is 25.1 Å². The van der Waals surface area contributed by atoms with Crippen molar-refractivity contribution in [3.8, 4) is 23.4 Å². The van der Waals surface area contributed by atoms with Gasteiger partial charge in [0.2, 0.25) is 11.8 Å². The van der Waals surface area contributed by atoms with Crippen LogP contribution in [-0.2, 0) is 6.42 Å². The van der Waals surface area contributed by atoms with Crippen molar-refractivity contribution in [3.05, 3.63) is 46.5 Å². The highest BCUT2D eigenvalue weighted by molar-refractivity contribution is 5.57. The predicted octanol–water partition coefficient (Wildman–Crippen LogP) is 2.99. The number of hydrogen-bond donors (Lipinski definition) is 2. The minimum atomic E-state index is -0.367. The van der Waals surface area contributed by atoms with Gasteiger partial charge in [0.15, 0.2) is 11.5 Å². The minimum Gasteiger partial charge on any atom is -0.493 e. The lowest BCUT2D eigenvalue weighted by atomic mass is 9.83. The van der Waals surface area contributed by atoms with E-state index in [0.29, 0.717) is 29.6 Å². The number of hydrogen-bond acceptors (Lipinski definition) is 6. The first kappa shape index (κ1) is 17.7. The van der Waals surface area contributed by atoms with Crippen molar-refractivity contribution in [1.29, 1.82) is 5.26 Å². The lowest BCUT2D eigenvalue weighted by Crippen LogP contribution is -2.21. The van der Waals surface area contributed by atoms with Gasteiger partial charge in [-0.05, 0) is 31.0 Å². The summed E-state index contributed by atoms with van der Waals surface area (Å²) in [6, 6.07) is 7.83. The third-order valence-corrected chi connectivity index (χ3v) is 4.34. The van der Waals surface area contributed by atoms with Crippen molar-refractivity contribution in [2.45, 2.75) is 32.6 Å². The van der Waals surface area contributed by atoms with Gasteiger partial charge < -0.3 is 19.9 Å². The first-order chi connectivity index (χ1) is 12.6. The van der Waals surface area contributed by atoms with Crippen molar-refractivity contribution < 1.29 is 14.2 Å². The van der Waals surface area contributed by atoms with E-state index >= 15 is 0 Å². The number of nitrogens with one attached hydrogen (secondary N) is 1. The Morgan fingerprint density at radius 1 is 1.35 bits per heavy atom. The summed E-state index contributed by atoms with van der Waals surface area (Å²) in [7, 11) is 1.59. The molecule has 0 saturated carbocycles. The third-order valence-electron chi connectivity index (χ3n) is 4.34. The molecule has 1 atom stereocenters. The van der Waals surface area contributed by atoms with Gasteiger partial charge in [-0.3, -0.25) is 5.10 Å². The first-order valence-electron chi connectivity index (χ1n) is 8.59. The van der Waals surface area contributed by atoms with E-state index in [1.165, 1.54) is 0 Å². The Labute approximate surface area is 152 Å². The molecule has 0 aliphatic carbocycles. The van der Waals surface area contributed by atoms with Crippen molar-refractivity contribution in [3.63, 3.8) is 0 Å². The highest BCUT2D eigenvalue weighted by Gasteiger charge is 2.35. The lowest BCUT2D eigenvalue weighted by Gasteiger charge is -2.24. The van der Waals surface area contributed by atoms with Crippen LogP contribution in [0.15, 0.2) is 29.7 Å². The molecule has 7 nitrogen and oxygen atoms in total. The Balaban J connectivity index is 2.16. The molecule has 0 amide bonds. The molecule has 0 radical (unpaired) electrons. The van der Waals surface area contributed by atoms with Crippen molar-refractivity contribution in [2.24, 2.45) is 5.73 Å². The fourth-order valence-corrected chi connectivity index (χ4v) is 3.22. The number of allylic oxidation sites excluding steroid dienone is 1. The zero-order valence-corrected chi connectivity index (χ0v) is 15.1. The topological polar surface area (TPSA) is 106 Å². The Morgan fingerprint density at radius 2 is 2.15 bits per heavy atom. The van der Waals surface area contributed by atoms with Gasteiger partial charge in [0.25, 0.3) is 0 Å². The molecule has 0 saturated heterocycles. The van der Waals surface area contributed by atoms with Gasteiger partial charge in [-0.25, -0.2) is 0 Å². The number of nitrogens with zero attached hydrogens (tertiary/aromatic N) is 2. The molecule has 1 unspecified atom stereocenters. The number of fused-ring (bicyclic) bond motifs is 1. The van der Waals surface area contributed by atoms with Gasteiger partial charge in [-0.1, -0.05) is 19.4 Å². The summed E-state index contributed by atoms with van der Waals surface area (Å²) in [6.07, 6.45) is 1.74. The molecule has 3 N–H and O–H groups in total. The van der Waals surface area contributed by atoms with Crippen molar-refractivity contribution >= 4 is 0 Å². The maximum Gasteiger partial charge on any atom is 0.244 e. The van der Waals surface area contributed by atoms with Gasteiger partial charge in [0, 0.05) is 11.3 Å². The summed E-state index contributed by atoms with van der Waals surface area (Å²) >= 11 is 0. The third kappa shape index (κ3) is 2.94. The van der Waals surface area contributed by atoms with E-state index in [0.717, 1.165) is 29.7 Å². The Hall–Kier alpha value is -3.14. The van der Waals surface area contributed by atoms with E-state index in [9.17, 15) is 5.26 Å². The highest BCUT2D eigenvalue weighted by atomic mass is 16.5. The second-order valence-corrected chi connectivity index (χ2v) is 5.94. The number of nitrogens with two attached hydrogens (primary N) is 1. The monoisotopic (exact) mass is 354 g/mol. The minimum absolute atomic E-state index is 0.0763. The van der Waals surface area contributed by atoms with Crippen LogP contribution in [0.25, 0.3) is 0 Å². The number of rotatable bonds is 6. The molecule has 0 fully saturated rings. The van der Waals surface area contributed by atoms with Crippen molar-refractivity contribution in [2.75, 3.05) is 13.7 Å². The molecule has 2 heterocycles.